The molecule has 0 radical (unpaired) electrons. The Kier molecular flexibility index (Phi) is 32.9. The van der Waals surface area contributed by atoms with Crippen molar-refractivity contribution in [2.45, 2.75) is 267 Å². The number of allylic oxidation sites excluding steroid dienone is 1. The maximum absolute atomic E-state index is 13.1. The van der Waals surface area contributed by atoms with E-state index in [0.29, 0.717) is 6.42 Å². The molecule has 0 spiro atoms. The standard InChI is InChI=1S/C48H91NO13/c1-3-5-7-9-11-13-15-16-17-18-19-20-22-24-26-28-30-32-40(53)49-36(37(52)31-29-27-25-23-21-14-12-10-8-6-4-2)35-59-47-45(58)43(56)46(39(34-51)61-47)62-48-44(57)42(55)41(54)38(33-50)60-48/h29,31,36-39,41-48,50-52,54-58H,3-28,30,32-35H2,1-2H3,(H,49,53)/b31-29+/t36-,37+,38+,39+,41-,42?,43?,44?,45?,46+,47+,48-/m0/s1. The van der Waals surface area contributed by atoms with Gasteiger partial charge < -0.3 is 65.1 Å². The second-order valence-electron chi connectivity index (χ2n) is 18.0. The number of aliphatic hydroxyl groups excluding tert-OH is 8. The molecule has 12 atom stereocenters. The molecule has 2 heterocycles. The number of amides is 1. The van der Waals surface area contributed by atoms with E-state index in [0.717, 1.165) is 38.5 Å². The van der Waals surface area contributed by atoms with Crippen LogP contribution in [0.2, 0.25) is 0 Å². The zero-order valence-corrected chi connectivity index (χ0v) is 38.6. The van der Waals surface area contributed by atoms with Crippen molar-refractivity contribution in [2.24, 2.45) is 0 Å². The highest BCUT2D eigenvalue weighted by Gasteiger charge is 2.51. The summed E-state index contributed by atoms with van der Waals surface area (Å²) in [6, 6.07) is -0.906. The smallest absolute Gasteiger partial charge is 0.220 e. The molecule has 2 fully saturated rings. The number of ether oxygens (including phenoxy) is 4. The van der Waals surface area contributed by atoms with Crippen LogP contribution in [0.4, 0.5) is 0 Å². The summed E-state index contributed by atoms with van der Waals surface area (Å²) in [5.74, 6) is -0.239. The number of carbonyl (C=O) groups is 1. The van der Waals surface area contributed by atoms with Gasteiger partial charge in [-0.15, -0.1) is 0 Å². The number of unbranched alkanes of at least 4 members (excludes halogenated alkanes) is 25. The third-order valence-electron chi connectivity index (χ3n) is 12.5. The van der Waals surface area contributed by atoms with E-state index in [1.54, 1.807) is 6.08 Å². The fourth-order valence-corrected chi connectivity index (χ4v) is 8.35. The van der Waals surface area contributed by atoms with Crippen molar-refractivity contribution in [1.82, 2.24) is 5.32 Å². The van der Waals surface area contributed by atoms with Crippen LogP contribution in [-0.4, -0.2) is 140 Å². The lowest BCUT2D eigenvalue weighted by Gasteiger charge is -2.46. The SMILES string of the molecule is CCCCCCCCCCC/C=C/[C@@H](O)[C@H](CO[C@@H]1O[C@H](CO)[C@@H](O[C@@H]2O[C@H](CO)[C@H](O)C(O)C2O)C(O)C1O)NC(=O)CCCCCCCCCCCCCCCCCCC. The van der Waals surface area contributed by atoms with E-state index >= 15 is 0 Å². The van der Waals surface area contributed by atoms with Gasteiger partial charge in [-0.3, -0.25) is 4.79 Å². The molecule has 14 heteroatoms. The van der Waals surface area contributed by atoms with Crippen LogP contribution in [-0.2, 0) is 23.7 Å². The highest BCUT2D eigenvalue weighted by Crippen LogP contribution is 2.30. The van der Waals surface area contributed by atoms with Crippen molar-refractivity contribution in [1.29, 1.82) is 0 Å². The molecule has 4 unspecified atom stereocenters. The maximum atomic E-state index is 13.1. The lowest BCUT2D eigenvalue weighted by atomic mass is 9.97. The Balaban J connectivity index is 1.84. The summed E-state index contributed by atoms with van der Waals surface area (Å²) < 4.78 is 22.7. The number of hydrogen-bond acceptors (Lipinski definition) is 13. The van der Waals surface area contributed by atoms with Crippen molar-refractivity contribution in [3.8, 4) is 0 Å². The van der Waals surface area contributed by atoms with Gasteiger partial charge in [0.15, 0.2) is 12.6 Å². The summed E-state index contributed by atoms with van der Waals surface area (Å²) >= 11 is 0. The highest BCUT2D eigenvalue weighted by atomic mass is 16.7. The van der Waals surface area contributed by atoms with Crippen molar-refractivity contribution < 1.29 is 64.6 Å². The van der Waals surface area contributed by atoms with E-state index in [4.69, 9.17) is 18.9 Å². The van der Waals surface area contributed by atoms with Crippen molar-refractivity contribution >= 4 is 5.91 Å². The van der Waals surface area contributed by atoms with Crippen molar-refractivity contribution in [3.05, 3.63) is 12.2 Å². The average Bonchev–Trinajstić information content (AvgIpc) is 3.27. The van der Waals surface area contributed by atoms with Gasteiger partial charge in [0.1, 0.15) is 48.8 Å². The van der Waals surface area contributed by atoms with E-state index in [1.807, 2.05) is 6.08 Å². The van der Waals surface area contributed by atoms with Crippen LogP contribution in [0, 0.1) is 0 Å². The van der Waals surface area contributed by atoms with Crippen LogP contribution in [0.3, 0.4) is 0 Å². The lowest BCUT2D eigenvalue weighted by Crippen LogP contribution is -2.65. The summed E-state index contributed by atoms with van der Waals surface area (Å²) in [4.78, 5) is 13.1. The molecule has 2 aliphatic rings. The van der Waals surface area contributed by atoms with Crippen LogP contribution in [0.15, 0.2) is 12.2 Å². The lowest BCUT2D eigenvalue weighted by molar-refractivity contribution is -0.359. The van der Waals surface area contributed by atoms with Crippen LogP contribution in [0.25, 0.3) is 0 Å². The number of rotatable bonds is 38. The van der Waals surface area contributed by atoms with Gasteiger partial charge in [0.2, 0.25) is 5.91 Å². The molecule has 0 aliphatic carbocycles. The van der Waals surface area contributed by atoms with E-state index in [1.165, 1.54) is 128 Å². The van der Waals surface area contributed by atoms with Gasteiger partial charge in [0.25, 0.3) is 0 Å². The second-order valence-corrected chi connectivity index (χ2v) is 18.0. The Morgan fingerprint density at radius 1 is 0.565 bits per heavy atom. The molecule has 366 valence electrons. The zero-order valence-electron chi connectivity index (χ0n) is 38.6. The normalized spacial score (nSPS) is 27.8. The Bertz CT molecular complexity index is 1100. The minimum Gasteiger partial charge on any atom is -0.394 e. The molecule has 2 rings (SSSR count). The summed E-state index contributed by atoms with van der Waals surface area (Å²) in [5, 5.41) is 86.6. The minimum absolute atomic E-state index is 0.239. The van der Waals surface area contributed by atoms with Gasteiger partial charge >= 0.3 is 0 Å². The molecule has 2 saturated heterocycles. The van der Waals surface area contributed by atoms with Crippen molar-refractivity contribution in [2.75, 3.05) is 19.8 Å². The molecule has 0 aromatic carbocycles. The van der Waals surface area contributed by atoms with Crippen molar-refractivity contribution in [3.63, 3.8) is 0 Å². The summed E-state index contributed by atoms with van der Waals surface area (Å²) in [6.45, 7) is 2.77. The van der Waals surface area contributed by atoms with Crippen LogP contribution >= 0.6 is 0 Å². The van der Waals surface area contributed by atoms with E-state index in [2.05, 4.69) is 19.2 Å². The monoisotopic (exact) mass is 890 g/mol. The molecular weight excluding hydrogens is 799 g/mol. The van der Waals surface area contributed by atoms with Gasteiger partial charge in [-0.1, -0.05) is 180 Å². The molecule has 1 amide bonds. The minimum atomic E-state index is -1.78. The van der Waals surface area contributed by atoms with Crippen LogP contribution in [0.1, 0.15) is 194 Å². The topological polar surface area (TPSA) is 228 Å². The number of nitrogens with one attached hydrogen (secondary N) is 1. The van der Waals surface area contributed by atoms with E-state index < -0.39 is 86.8 Å². The molecule has 0 aromatic rings. The Labute approximate surface area is 374 Å². The first-order chi connectivity index (χ1) is 30.1. The third-order valence-corrected chi connectivity index (χ3v) is 12.5. The van der Waals surface area contributed by atoms with Crippen LogP contribution in [0.5, 0.6) is 0 Å². The maximum Gasteiger partial charge on any atom is 0.220 e. The van der Waals surface area contributed by atoms with Gasteiger partial charge in [0, 0.05) is 6.42 Å². The molecule has 2 aliphatic heterocycles. The molecular formula is C48H91NO13. The number of hydrogen-bond donors (Lipinski definition) is 9. The van der Waals surface area contributed by atoms with Crippen LogP contribution < -0.4 is 5.32 Å². The quantitative estimate of drug-likeness (QED) is 0.0257. The molecule has 62 heavy (non-hydrogen) atoms. The Hall–Kier alpha value is -1.27. The van der Waals surface area contributed by atoms with Gasteiger partial charge in [-0.25, -0.2) is 0 Å². The summed E-state index contributed by atoms with van der Waals surface area (Å²) in [6.07, 6.45) is 19.7. The van der Waals surface area contributed by atoms with Gasteiger partial charge in [0.05, 0.1) is 32.0 Å². The highest BCUT2D eigenvalue weighted by molar-refractivity contribution is 5.76. The second kappa shape index (κ2) is 35.9. The summed E-state index contributed by atoms with van der Waals surface area (Å²) in [5.41, 5.74) is 0. The zero-order chi connectivity index (χ0) is 45.4. The third kappa shape index (κ3) is 23.3. The molecule has 0 bridgehead atoms. The fraction of sp³-hybridized carbons (Fsp3) is 0.938. The first-order valence-electron chi connectivity index (χ1n) is 24.9. The molecule has 14 nitrogen and oxygen atoms in total. The van der Waals surface area contributed by atoms with E-state index in [-0.39, 0.29) is 18.9 Å². The largest absolute Gasteiger partial charge is 0.394 e. The Morgan fingerprint density at radius 2 is 1.00 bits per heavy atom. The predicted molar refractivity (Wildman–Crippen MR) is 240 cm³/mol. The summed E-state index contributed by atoms with van der Waals surface area (Å²) in [7, 11) is 0. The molecule has 0 saturated carbocycles. The fourth-order valence-electron chi connectivity index (χ4n) is 8.35. The number of carbonyl (C=O) groups excluding carboxylic acids is 1. The average molecular weight is 890 g/mol. The first kappa shape index (κ1) is 56.9. The molecule has 9 N–H and O–H groups in total. The first-order valence-corrected chi connectivity index (χ1v) is 24.9. The van der Waals surface area contributed by atoms with E-state index in [9.17, 15) is 45.6 Å². The Morgan fingerprint density at radius 3 is 1.48 bits per heavy atom. The number of aliphatic hydroxyl groups is 8. The van der Waals surface area contributed by atoms with Gasteiger partial charge in [-0.2, -0.15) is 0 Å². The molecule has 0 aromatic heterocycles. The predicted octanol–water partition coefficient (Wildman–Crippen LogP) is 5.99. The van der Waals surface area contributed by atoms with Gasteiger partial charge in [-0.05, 0) is 19.3 Å².